The highest BCUT2D eigenvalue weighted by atomic mass is 32.2. The van der Waals surface area contributed by atoms with Gasteiger partial charge in [-0.15, -0.1) is 6.58 Å². The molecule has 0 radical (unpaired) electrons. The van der Waals surface area contributed by atoms with Crippen molar-refractivity contribution in [2.24, 2.45) is 0 Å². The summed E-state index contributed by atoms with van der Waals surface area (Å²) in [7, 11) is -5.93. The van der Waals surface area contributed by atoms with Gasteiger partial charge in [-0.2, -0.15) is 21.6 Å². The van der Waals surface area contributed by atoms with Crippen LogP contribution in [0, 0.1) is 0 Å². The molecule has 15 heavy (non-hydrogen) atoms. The fourth-order valence-corrected chi connectivity index (χ4v) is 1.11. The molecule has 0 heterocycles. The second-order valence-electron chi connectivity index (χ2n) is 2.33. The number of hydrogen-bond acceptors (Lipinski definition) is 5. The third-order valence-corrected chi connectivity index (χ3v) is 2.22. The molecule has 5 nitrogen and oxygen atoms in total. The summed E-state index contributed by atoms with van der Waals surface area (Å²) in [6, 6.07) is 0. The van der Waals surface area contributed by atoms with E-state index in [-0.39, 0.29) is 0 Å². The molecule has 0 rings (SSSR count). The second-order valence-corrected chi connectivity index (χ2v) is 3.89. The van der Waals surface area contributed by atoms with E-state index in [1.165, 1.54) is 0 Å². The molecule has 0 aromatic heterocycles. The minimum atomic E-state index is -5.93. The first-order chi connectivity index (χ1) is 6.62. The SMILES string of the molecule is C=CCC(OS(=O)(=O)C(F)(F)F)C(=O)[O-]. The number of carbonyl (C=O) groups excluding carboxylic acids is 1. The molecular formula is C6H6F3O5S-. The van der Waals surface area contributed by atoms with Crippen molar-refractivity contribution in [1.29, 1.82) is 0 Å². The zero-order valence-electron chi connectivity index (χ0n) is 7.15. The maximum absolute atomic E-state index is 11.7. The van der Waals surface area contributed by atoms with Gasteiger partial charge in [0.15, 0.2) is 0 Å². The highest BCUT2D eigenvalue weighted by Crippen LogP contribution is 2.26. The van der Waals surface area contributed by atoms with Gasteiger partial charge >= 0.3 is 15.6 Å². The molecule has 0 bridgehead atoms. The molecule has 0 aliphatic carbocycles. The molecule has 0 aliphatic heterocycles. The zero-order valence-corrected chi connectivity index (χ0v) is 7.97. The second kappa shape index (κ2) is 4.62. The summed E-state index contributed by atoms with van der Waals surface area (Å²) in [6.07, 6.45) is -1.95. The zero-order chi connectivity index (χ0) is 12.3. The van der Waals surface area contributed by atoms with Crippen LogP contribution in [0.4, 0.5) is 13.2 Å². The van der Waals surface area contributed by atoms with E-state index in [2.05, 4.69) is 10.8 Å². The van der Waals surface area contributed by atoms with Crippen LogP contribution in [-0.2, 0) is 19.1 Å². The summed E-state index contributed by atoms with van der Waals surface area (Å²) in [5.41, 5.74) is -5.66. The number of carboxylic acid groups (broad SMARTS) is 1. The molecule has 1 atom stereocenters. The van der Waals surface area contributed by atoms with Crippen LogP contribution in [0.3, 0.4) is 0 Å². The highest BCUT2D eigenvalue weighted by Gasteiger charge is 2.48. The van der Waals surface area contributed by atoms with E-state index < -0.39 is 34.1 Å². The van der Waals surface area contributed by atoms with E-state index in [0.717, 1.165) is 6.08 Å². The molecule has 0 aromatic carbocycles. The molecule has 0 aromatic rings. The van der Waals surface area contributed by atoms with Crippen molar-refractivity contribution in [3.8, 4) is 0 Å². The van der Waals surface area contributed by atoms with Crippen LogP contribution in [0.15, 0.2) is 12.7 Å². The van der Waals surface area contributed by atoms with Crippen LogP contribution < -0.4 is 5.11 Å². The molecular weight excluding hydrogens is 241 g/mol. The minimum absolute atomic E-state index is 0.613. The van der Waals surface area contributed by atoms with Gasteiger partial charge in [-0.25, -0.2) is 0 Å². The minimum Gasteiger partial charge on any atom is -0.547 e. The van der Waals surface area contributed by atoms with Crippen molar-refractivity contribution >= 4 is 16.1 Å². The number of halogens is 3. The van der Waals surface area contributed by atoms with Crippen molar-refractivity contribution in [1.82, 2.24) is 0 Å². The van der Waals surface area contributed by atoms with Crippen molar-refractivity contribution in [2.75, 3.05) is 0 Å². The van der Waals surface area contributed by atoms with Gasteiger partial charge in [0.1, 0.15) is 6.10 Å². The summed E-state index contributed by atoms with van der Waals surface area (Å²) < 4.78 is 59.4. The van der Waals surface area contributed by atoms with Crippen LogP contribution >= 0.6 is 0 Å². The summed E-state index contributed by atoms with van der Waals surface area (Å²) in [5, 5.41) is 10.2. The largest absolute Gasteiger partial charge is 0.547 e. The summed E-state index contributed by atoms with van der Waals surface area (Å²) in [4.78, 5) is 10.2. The molecule has 0 amide bonds. The average molecular weight is 247 g/mol. The maximum atomic E-state index is 11.7. The van der Waals surface area contributed by atoms with Gasteiger partial charge in [0, 0.05) is 0 Å². The van der Waals surface area contributed by atoms with Crippen LogP contribution in [0.1, 0.15) is 6.42 Å². The Balaban J connectivity index is 4.83. The lowest BCUT2D eigenvalue weighted by Crippen LogP contribution is -2.41. The van der Waals surface area contributed by atoms with Crippen molar-refractivity contribution in [3.63, 3.8) is 0 Å². The fourth-order valence-electron chi connectivity index (χ4n) is 0.534. The first-order valence-corrected chi connectivity index (χ1v) is 4.84. The van der Waals surface area contributed by atoms with Gasteiger partial charge < -0.3 is 9.90 Å². The van der Waals surface area contributed by atoms with Gasteiger partial charge in [0.05, 0.1) is 5.97 Å². The van der Waals surface area contributed by atoms with Crippen LogP contribution in [-0.4, -0.2) is 26.0 Å². The Bertz CT molecular complexity index is 344. The number of aliphatic carboxylic acids is 1. The van der Waals surface area contributed by atoms with Crippen LogP contribution in [0.25, 0.3) is 0 Å². The Labute approximate surface area is 83.3 Å². The molecule has 0 spiro atoms. The molecule has 0 aliphatic rings. The fraction of sp³-hybridized carbons (Fsp3) is 0.500. The molecule has 88 valence electrons. The Hall–Kier alpha value is -1.09. The lowest BCUT2D eigenvalue weighted by atomic mass is 10.2. The van der Waals surface area contributed by atoms with Crippen molar-refractivity contribution < 1.29 is 35.7 Å². The van der Waals surface area contributed by atoms with Gasteiger partial charge in [-0.3, -0.25) is 4.18 Å². The number of rotatable bonds is 5. The van der Waals surface area contributed by atoms with Gasteiger partial charge in [-0.05, 0) is 6.42 Å². The normalized spacial score (nSPS) is 14.6. The lowest BCUT2D eigenvalue weighted by Gasteiger charge is -2.17. The topological polar surface area (TPSA) is 83.5 Å². The first-order valence-electron chi connectivity index (χ1n) is 3.43. The Kier molecular flexibility index (Phi) is 4.28. The smallest absolute Gasteiger partial charge is 0.523 e. The number of hydrogen-bond donors (Lipinski definition) is 0. The quantitative estimate of drug-likeness (QED) is 0.373. The van der Waals surface area contributed by atoms with E-state index in [0.29, 0.717) is 0 Å². The van der Waals surface area contributed by atoms with E-state index in [9.17, 15) is 31.5 Å². The summed E-state index contributed by atoms with van der Waals surface area (Å²) in [6.45, 7) is 3.03. The van der Waals surface area contributed by atoms with E-state index in [4.69, 9.17) is 0 Å². The number of carboxylic acids is 1. The molecule has 0 fully saturated rings. The summed E-state index contributed by atoms with van der Waals surface area (Å²) in [5.74, 6) is -2.07. The first kappa shape index (κ1) is 13.9. The third-order valence-electron chi connectivity index (χ3n) is 1.17. The van der Waals surface area contributed by atoms with Crippen LogP contribution in [0.2, 0.25) is 0 Å². The Morgan fingerprint density at radius 1 is 1.53 bits per heavy atom. The summed E-state index contributed by atoms with van der Waals surface area (Å²) >= 11 is 0. The number of carbonyl (C=O) groups is 1. The monoisotopic (exact) mass is 247 g/mol. The van der Waals surface area contributed by atoms with E-state index >= 15 is 0 Å². The predicted octanol–water partition coefficient (Wildman–Crippen LogP) is -0.453. The van der Waals surface area contributed by atoms with Gasteiger partial charge in [0.2, 0.25) is 0 Å². The highest BCUT2D eigenvalue weighted by molar-refractivity contribution is 7.87. The maximum Gasteiger partial charge on any atom is 0.523 e. The average Bonchev–Trinajstić information content (AvgIpc) is 2.00. The lowest BCUT2D eigenvalue weighted by molar-refractivity contribution is -0.313. The van der Waals surface area contributed by atoms with Crippen molar-refractivity contribution in [3.05, 3.63) is 12.7 Å². The van der Waals surface area contributed by atoms with Crippen molar-refractivity contribution in [2.45, 2.75) is 18.0 Å². The molecule has 0 saturated carbocycles. The Morgan fingerprint density at radius 2 is 2.00 bits per heavy atom. The Morgan fingerprint density at radius 3 is 2.27 bits per heavy atom. The molecule has 0 N–H and O–H groups in total. The molecule has 9 heteroatoms. The van der Waals surface area contributed by atoms with Gasteiger partial charge in [0.25, 0.3) is 0 Å². The predicted molar refractivity (Wildman–Crippen MR) is 39.7 cm³/mol. The molecule has 0 saturated heterocycles. The number of alkyl halides is 3. The van der Waals surface area contributed by atoms with Crippen LogP contribution in [0.5, 0.6) is 0 Å². The third kappa shape index (κ3) is 3.88. The standard InChI is InChI=1S/C6H7F3O5S/c1-2-3-4(5(10)11)14-15(12,13)6(7,8)9/h2,4H,1,3H2,(H,10,11)/p-1. The van der Waals surface area contributed by atoms with E-state index in [1.54, 1.807) is 0 Å². The van der Waals surface area contributed by atoms with Gasteiger partial charge in [-0.1, -0.05) is 6.08 Å². The molecule has 1 unspecified atom stereocenters. The van der Waals surface area contributed by atoms with E-state index in [1.807, 2.05) is 0 Å².